The van der Waals surface area contributed by atoms with Crippen molar-refractivity contribution < 1.29 is 14.7 Å². The Labute approximate surface area is 129 Å². The maximum atomic E-state index is 12.4. The van der Waals surface area contributed by atoms with E-state index in [0.717, 1.165) is 36.9 Å². The molecular formula is C15H22N4O3. The highest BCUT2D eigenvalue weighted by Crippen LogP contribution is 2.29. The van der Waals surface area contributed by atoms with Crippen molar-refractivity contribution in [1.82, 2.24) is 20.0 Å². The van der Waals surface area contributed by atoms with E-state index in [1.165, 1.54) is 0 Å². The first kappa shape index (κ1) is 14.9. The molecule has 2 amide bonds. The fourth-order valence-electron chi connectivity index (χ4n) is 3.42. The molecule has 0 aromatic carbocycles. The van der Waals surface area contributed by atoms with Crippen LogP contribution in [0.4, 0.5) is 4.79 Å². The third-order valence-corrected chi connectivity index (χ3v) is 4.57. The van der Waals surface area contributed by atoms with Crippen molar-refractivity contribution in [3.05, 3.63) is 17.5 Å². The number of urea groups is 1. The standard InChI is InChI=1S/C15H22N4O3/c1-18-9-11-12(5-2-6-13(11)17-18)16-15(22)19-7-3-4-10(8-19)14(20)21/h9-10,12H,2-8H2,1H3,(H,16,22)(H,20,21). The number of hydrogen-bond donors (Lipinski definition) is 2. The summed E-state index contributed by atoms with van der Waals surface area (Å²) in [4.78, 5) is 25.2. The Morgan fingerprint density at radius 1 is 1.36 bits per heavy atom. The first-order valence-electron chi connectivity index (χ1n) is 7.85. The van der Waals surface area contributed by atoms with Crippen molar-refractivity contribution in [2.75, 3.05) is 13.1 Å². The zero-order chi connectivity index (χ0) is 15.7. The number of fused-ring (bicyclic) bond motifs is 1. The van der Waals surface area contributed by atoms with Crippen LogP contribution in [0.3, 0.4) is 0 Å². The number of amides is 2. The summed E-state index contributed by atoms with van der Waals surface area (Å²) in [7, 11) is 1.89. The smallest absolute Gasteiger partial charge is 0.317 e. The molecule has 120 valence electrons. The molecule has 1 saturated heterocycles. The number of piperidine rings is 1. The van der Waals surface area contributed by atoms with E-state index < -0.39 is 11.9 Å². The summed E-state index contributed by atoms with van der Waals surface area (Å²) in [5.74, 6) is -1.26. The topological polar surface area (TPSA) is 87.5 Å². The summed E-state index contributed by atoms with van der Waals surface area (Å²) in [5.41, 5.74) is 2.15. The van der Waals surface area contributed by atoms with E-state index in [1.54, 1.807) is 9.58 Å². The Kier molecular flexibility index (Phi) is 4.04. The molecule has 0 spiro atoms. The van der Waals surface area contributed by atoms with Crippen LogP contribution in [-0.2, 0) is 18.3 Å². The van der Waals surface area contributed by atoms with Crippen molar-refractivity contribution in [1.29, 1.82) is 0 Å². The van der Waals surface area contributed by atoms with Crippen LogP contribution >= 0.6 is 0 Å². The van der Waals surface area contributed by atoms with Crippen LogP contribution in [0.1, 0.15) is 43.0 Å². The summed E-state index contributed by atoms with van der Waals surface area (Å²) in [5, 5.41) is 16.6. The van der Waals surface area contributed by atoms with E-state index >= 15 is 0 Å². The van der Waals surface area contributed by atoms with E-state index in [-0.39, 0.29) is 12.1 Å². The molecule has 1 aliphatic carbocycles. The van der Waals surface area contributed by atoms with Crippen molar-refractivity contribution in [2.24, 2.45) is 13.0 Å². The average Bonchev–Trinajstić information content (AvgIpc) is 2.88. The molecule has 2 atom stereocenters. The van der Waals surface area contributed by atoms with Crippen molar-refractivity contribution in [3.8, 4) is 0 Å². The number of likely N-dealkylation sites (tertiary alicyclic amines) is 1. The van der Waals surface area contributed by atoms with Crippen molar-refractivity contribution in [3.63, 3.8) is 0 Å². The van der Waals surface area contributed by atoms with Gasteiger partial charge in [-0.1, -0.05) is 0 Å². The maximum absolute atomic E-state index is 12.4. The molecule has 3 rings (SSSR count). The van der Waals surface area contributed by atoms with Gasteiger partial charge in [-0.2, -0.15) is 5.10 Å². The highest BCUT2D eigenvalue weighted by atomic mass is 16.4. The lowest BCUT2D eigenvalue weighted by molar-refractivity contribution is -0.143. The summed E-state index contributed by atoms with van der Waals surface area (Å²) < 4.78 is 1.79. The number of aliphatic carboxylic acids is 1. The van der Waals surface area contributed by atoms with Gasteiger partial charge in [0.05, 0.1) is 17.7 Å². The second-order valence-electron chi connectivity index (χ2n) is 6.22. The van der Waals surface area contributed by atoms with Crippen molar-refractivity contribution in [2.45, 2.75) is 38.1 Å². The van der Waals surface area contributed by atoms with Crippen LogP contribution in [0.25, 0.3) is 0 Å². The normalized spacial score (nSPS) is 24.7. The van der Waals surface area contributed by atoms with Gasteiger partial charge < -0.3 is 15.3 Å². The van der Waals surface area contributed by atoms with Crippen LogP contribution in [-0.4, -0.2) is 44.9 Å². The molecule has 2 aliphatic rings. The molecule has 7 nitrogen and oxygen atoms in total. The van der Waals surface area contributed by atoms with E-state index in [0.29, 0.717) is 19.5 Å². The third kappa shape index (κ3) is 2.93. The Morgan fingerprint density at radius 3 is 2.95 bits per heavy atom. The van der Waals surface area contributed by atoms with Gasteiger partial charge in [0, 0.05) is 31.9 Å². The van der Waals surface area contributed by atoms with Crippen LogP contribution in [0.15, 0.2) is 6.20 Å². The Hall–Kier alpha value is -2.05. The number of nitrogens with zero attached hydrogens (tertiary/aromatic N) is 3. The zero-order valence-corrected chi connectivity index (χ0v) is 12.8. The molecule has 2 unspecified atom stereocenters. The van der Waals surface area contributed by atoms with Crippen molar-refractivity contribution >= 4 is 12.0 Å². The number of carbonyl (C=O) groups is 2. The summed E-state index contributed by atoms with van der Waals surface area (Å²) >= 11 is 0. The predicted molar refractivity (Wildman–Crippen MR) is 79.4 cm³/mol. The second-order valence-corrected chi connectivity index (χ2v) is 6.22. The Morgan fingerprint density at radius 2 is 2.18 bits per heavy atom. The van der Waals surface area contributed by atoms with Gasteiger partial charge in [0.2, 0.25) is 0 Å². The van der Waals surface area contributed by atoms with Gasteiger partial charge in [0.1, 0.15) is 0 Å². The van der Waals surface area contributed by atoms with Crippen LogP contribution in [0.2, 0.25) is 0 Å². The van der Waals surface area contributed by atoms with Crippen LogP contribution < -0.4 is 5.32 Å². The quantitative estimate of drug-likeness (QED) is 0.862. The molecule has 7 heteroatoms. The SMILES string of the molecule is Cn1cc2c(n1)CCCC2NC(=O)N1CCCC(C(=O)O)C1. The maximum Gasteiger partial charge on any atom is 0.317 e. The molecule has 1 fully saturated rings. The van der Waals surface area contributed by atoms with Crippen LogP contribution in [0.5, 0.6) is 0 Å². The molecule has 1 aromatic rings. The third-order valence-electron chi connectivity index (χ3n) is 4.57. The fourth-order valence-corrected chi connectivity index (χ4v) is 3.42. The lowest BCUT2D eigenvalue weighted by Crippen LogP contribution is -2.48. The number of carbonyl (C=O) groups excluding carboxylic acids is 1. The average molecular weight is 306 g/mol. The molecule has 2 heterocycles. The van der Waals surface area contributed by atoms with Gasteiger partial charge in [-0.25, -0.2) is 4.79 Å². The molecule has 2 N–H and O–H groups in total. The number of aryl methyl sites for hydroxylation is 2. The first-order valence-corrected chi connectivity index (χ1v) is 7.85. The van der Waals surface area contributed by atoms with Gasteiger partial charge >= 0.3 is 12.0 Å². The lowest BCUT2D eigenvalue weighted by atomic mass is 9.93. The number of rotatable bonds is 2. The van der Waals surface area contributed by atoms with Gasteiger partial charge in [-0.05, 0) is 32.1 Å². The number of carboxylic acids is 1. The van der Waals surface area contributed by atoms with Gasteiger partial charge in [0.25, 0.3) is 0 Å². The second kappa shape index (κ2) is 5.98. The van der Waals surface area contributed by atoms with E-state index in [1.807, 2.05) is 13.2 Å². The minimum Gasteiger partial charge on any atom is -0.481 e. The van der Waals surface area contributed by atoms with Gasteiger partial charge in [-0.3, -0.25) is 9.48 Å². The summed E-state index contributed by atoms with van der Waals surface area (Å²) in [6, 6.07) is -0.178. The molecule has 22 heavy (non-hydrogen) atoms. The highest BCUT2D eigenvalue weighted by molar-refractivity contribution is 5.77. The minimum atomic E-state index is -0.815. The van der Waals surface area contributed by atoms with E-state index in [2.05, 4.69) is 10.4 Å². The number of hydrogen-bond acceptors (Lipinski definition) is 3. The zero-order valence-electron chi connectivity index (χ0n) is 12.8. The molecule has 0 saturated carbocycles. The molecule has 1 aromatic heterocycles. The van der Waals surface area contributed by atoms with E-state index in [9.17, 15) is 9.59 Å². The molecule has 0 bridgehead atoms. The van der Waals surface area contributed by atoms with Crippen LogP contribution in [0, 0.1) is 5.92 Å². The monoisotopic (exact) mass is 306 g/mol. The highest BCUT2D eigenvalue weighted by Gasteiger charge is 2.30. The lowest BCUT2D eigenvalue weighted by Gasteiger charge is -2.33. The largest absolute Gasteiger partial charge is 0.481 e. The fraction of sp³-hybridized carbons (Fsp3) is 0.667. The van der Waals surface area contributed by atoms with Gasteiger partial charge in [-0.15, -0.1) is 0 Å². The first-order chi connectivity index (χ1) is 10.5. The van der Waals surface area contributed by atoms with Gasteiger partial charge in [0.15, 0.2) is 0 Å². The molecule has 1 aliphatic heterocycles. The number of carboxylic acid groups (broad SMARTS) is 1. The minimum absolute atomic E-state index is 0.0184. The predicted octanol–water partition coefficient (Wildman–Crippen LogP) is 1.30. The summed E-state index contributed by atoms with van der Waals surface area (Å²) in [6.07, 6.45) is 6.22. The molecule has 0 radical (unpaired) electrons. The Balaban J connectivity index is 1.66. The number of nitrogens with one attached hydrogen (secondary N) is 1. The summed E-state index contributed by atoms with van der Waals surface area (Å²) in [6.45, 7) is 0.927. The Bertz CT molecular complexity index is 583. The van der Waals surface area contributed by atoms with E-state index in [4.69, 9.17) is 5.11 Å². The molecular weight excluding hydrogens is 284 g/mol. The number of aromatic nitrogens is 2.